The second-order valence-corrected chi connectivity index (χ2v) is 9.73. The average Bonchev–Trinajstić information content (AvgIpc) is 3.18. The number of amides is 1. The summed E-state index contributed by atoms with van der Waals surface area (Å²) in [7, 11) is -1.83. The third kappa shape index (κ3) is 5.58. The van der Waals surface area contributed by atoms with Crippen LogP contribution in [-0.2, 0) is 23.1 Å². The number of benzene rings is 2. The van der Waals surface area contributed by atoms with Gasteiger partial charge in [0.2, 0.25) is 10.0 Å². The Balaban J connectivity index is 1.63. The van der Waals surface area contributed by atoms with E-state index in [9.17, 15) is 13.2 Å². The smallest absolute Gasteiger partial charge is 0.251 e. The predicted octanol–water partition coefficient (Wildman–Crippen LogP) is 2.92. The Kier molecular flexibility index (Phi) is 6.59. The van der Waals surface area contributed by atoms with Crippen LogP contribution in [0.3, 0.4) is 0 Å². The SMILES string of the molecule is Cc1cc(C(=O)NCc2cccc(CN3CCCC3)c2)ccc1N(C)S(C)(=O)=O. The van der Waals surface area contributed by atoms with Crippen molar-refractivity contribution in [2.75, 3.05) is 30.7 Å². The molecule has 1 fully saturated rings. The first-order valence-corrected chi connectivity index (χ1v) is 11.7. The van der Waals surface area contributed by atoms with Gasteiger partial charge < -0.3 is 5.32 Å². The first-order chi connectivity index (χ1) is 13.7. The van der Waals surface area contributed by atoms with Crippen LogP contribution >= 0.6 is 0 Å². The molecule has 0 spiro atoms. The Morgan fingerprint density at radius 2 is 1.79 bits per heavy atom. The van der Waals surface area contributed by atoms with E-state index in [1.807, 2.05) is 12.1 Å². The maximum atomic E-state index is 12.6. The summed E-state index contributed by atoms with van der Waals surface area (Å²) in [5, 5.41) is 2.96. The highest BCUT2D eigenvalue weighted by molar-refractivity contribution is 7.92. The summed E-state index contributed by atoms with van der Waals surface area (Å²) in [5.41, 5.74) is 4.15. The molecule has 1 heterocycles. The van der Waals surface area contributed by atoms with E-state index >= 15 is 0 Å². The van der Waals surface area contributed by atoms with E-state index in [1.165, 1.54) is 29.8 Å². The second kappa shape index (κ2) is 8.97. The second-order valence-electron chi connectivity index (χ2n) is 7.72. The molecule has 1 aliphatic heterocycles. The largest absolute Gasteiger partial charge is 0.348 e. The van der Waals surface area contributed by atoms with Gasteiger partial charge in [-0.25, -0.2) is 8.42 Å². The lowest BCUT2D eigenvalue weighted by Gasteiger charge is -2.19. The van der Waals surface area contributed by atoms with Gasteiger partial charge in [0, 0.05) is 25.7 Å². The van der Waals surface area contributed by atoms with Gasteiger partial charge in [-0.15, -0.1) is 0 Å². The van der Waals surface area contributed by atoms with Crippen LogP contribution in [0.5, 0.6) is 0 Å². The van der Waals surface area contributed by atoms with Gasteiger partial charge in [0.1, 0.15) is 0 Å². The van der Waals surface area contributed by atoms with Crippen molar-refractivity contribution in [2.45, 2.75) is 32.9 Å². The highest BCUT2D eigenvalue weighted by atomic mass is 32.2. The Hall–Kier alpha value is -2.38. The fourth-order valence-electron chi connectivity index (χ4n) is 3.65. The molecule has 7 heteroatoms. The van der Waals surface area contributed by atoms with Crippen molar-refractivity contribution < 1.29 is 13.2 Å². The van der Waals surface area contributed by atoms with E-state index in [2.05, 4.69) is 22.3 Å². The van der Waals surface area contributed by atoms with E-state index in [1.54, 1.807) is 25.1 Å². The zero-order valence-corrected chi connectivity index (χ0v) is 18.1. The number of carbonyl (C=O) groups is 1. The number of sulfonamides is 1. The molecule has 1 amide bonds. The quantitative estimate of drug-likeness (QED) is 0.755. The Bertz CT molecular complexity index is 983. The fourth-order valence-corrected chi connectivity index (χ4v) is 4.21. The van der Waals surface area contributed by atoms with Gasteiger partial charge in [-0.2, -0.15) is 0 Å². The van der Waals surface area contributed by atoms with Gasteiger partial charge in [-0.1, -0.05) is 24.3 Å². The molecule has 2 aromatic rings. The molecule has 0 unspecified atom stereocenters. The molecular weight excluding hydrogens is 386 g/mol. The highest BCUT2D eigenvalue weighted by Crippen LogP contribution is 2.22. The van der Waals surface area contributed by atoms with Crippen molar-refractivity contribution in [3.63, 3.8) is 0 Å². The standard InChI is InChI=1S/C22H29N3O3S/c1-17-13-20(9-10-21(17)24(2)29(3,27)28)22(26)23-15-18-7-6-8-19(14-18)16-25-11-4-5-12-25/h6-10,13-14H,4-5,11-12,15-16H2,1-3H3,(H,23,26). The van der Waals surface area contributed by atoms with Crippen molar-refractivity contribution in [3.05, 3.63) is 64.7 Å². The van der Waals surface area contributed by atoms with E-state index < -0.39 is 10.0 Å². The zero-order chi connectivity index (χ0) is 21.0. The maximum absolute atomic E-state index is 12.6. The lowest BCUT2D eigenvalue weighted by molar-refractivity contribution is 0.0951. The molecule has 156 valence electrons. The number of aryl methyl sites for hydroxylation is 1. The van der Waals surface area contributed by atoms with Crippen molar-refractivity contribution >= 4 is 21.6 Å². The molecule has 6 nitrogen and oxygen atoms in total. The normalized spacial score (nSPS) is 14.7. The predicted molar refractivity (Wildman–Crippen MR) is 117 cm³/mol. The molecule has 1 N–H and O–H groups in total. The van der Waals surface area contributed by atoms with Crippen molar-refractivity contribution in [3.8, 4) is 0 Å². The Morgan fingerprint density at radius 3 is 2.45 bits per heavy atom. The van der Waals surface area contributed by atoms with E-state index in [-0.39, 0.29) is 5.91 Å². The minimum absolute atomic E-state index is 0.174. The number of hydrogen-bond donors (Lipinski definition) is 1. The molecule has 0 atom stereocenters. The lowest BCUT2D eigenvalue weighted by atomic mass is 10.1. The van der Waals surface area contributed by atoms with E-state index in [0.717, 1.165) is 37.0 Å². The highest BCUT2D eigenvalue weighted by Gasteiger charge is 2.16. The van der Waals surface area contributed by atoms with Crippen LogP contribution in [0.25, 0.3) is 0 Å². The molecule has 0 saturated carbocycles. The van der Waals surface area contributed by atoms with Crippen molar-refractivity contribution in [1.82, 2.24) is 10.2 Å². The molecule has 2 aromatic carbocycles. The van der Waals surface area contributed by atoms with E-state index in [4.69, 9.17) is 0 Å². The zero-order valence-electron chi connectivity index (χ0n) is 17.3. The number of nitrogens with zero attached hydrogens (tertiary/aromatic N) is 2. The molecule has 3 rings (SSSR count). The number of nitrogens with one attached hydrogen (secondary N) is 1. The van der Waals surface area contributed by atoms with Crippen LogP contribution in [0.15, 0.2) is 42.5 Å². The molecule has 1 aliphatic rings. The van der Waals surface area contributed by atoms with Crippen LogP contribution < -0.4 is 9.62 Å². The first-order valence-electron chi connectivity index (χ1n) is 9.87. The molecule has 0 aromatic heterocycles. The van der Waals surface area contributed by atoms with Crippen molar-refractivity contribution in [1.29, 1.82) is 0 Å². The molecule has 0 aliphatic carbocycles. The number of hydrogen-bond acceptors (Lipinski definition) is 4. The van der Waals surface area contributed by atoms with Crippen LogP contribution in [-0.4, -0.2) is 45.6 Å². The number of carbonyl (C=O) groups excluding carboxylic acids is 1. The van der Waals surface area contributed by atoms with Crippen LogP contribution in [0.2, 0.25) is 0 Å². The molecule has 29 heavy (non-hydrogen) atoms. The average molecular weight is 416 g/mol. The maximum Gasteiger partial charge on any atom is 0.251 e. The topological polar surface area (TPSA) is 69.7 Å². The van der Waals surface area contributed by atoms with Gasteiger partial charge in [0.15, 0.2) is 0 Å². The Labute approximate surface area is 173 Å². The summed E-state index contributed by atoms with van der Waals surface area (Å²) in [4.78, 5) is 15.0. The molecule has 0 bridgehead atoms. The first kappa shape index (κ1) is 21.3. The fraction of sp³-hybridized carbons (Fsp3) is 0.409. The van der Waals surface area contributed by atoms with Crippen LogP contribution in [0.4, 0.5) is 5.69 Å². The number of likely N-dealkylation sites (tertiary alicyclic amines) is 1. The number of anilines is 1. The van der Waals surface area contributed by atoms with Gasteiger partial charge in [-0.3, -0.25) is 14.0 Å². The monoisotopic (exact) mass is 415 g/mol. The van der Waals surface area contributed by atoms with E-state index in [0.29, 0.717) is 17.8 Å². The van der Waals surface area contributed by atoms with Gasteiger partial charge in [0.25, 0.3) is 5.91 Å². The van der Waals surface area contributed by atoms with Crippen molar-refractivity contribution in [2.24, 2.45) is 0 Å². The Morgan fingerprint density at radius 1 is 1.10 bits per heavy atom. The summed E-state index contributed by atoms with van der Waals surface area (Å²) in [6.07, 6.45) is 3.70. The van der Waals surface area contributed by atoms with Crippen LogP contribution in [0, 0.1) is 6.92 Å². The summed E-state index contributed by atoms with van der Waals surface area (Å²) in [6.45, 7) is 5.53. The van der Waals surface area contributed by atoms with Gasteiger partial charge >= 0.3 is 0 Å². The summed E-state index contributed by atoms with van der Waals surface area (Å²) < 4.78 is 24.7. The summed E-state index contributed by atoms with van der Waals surface area (Å²) >= 11 is 0. The number of rotatable bonds is 7. The molecule has 0 radical (unpaired) electrons. The third-order valence-corrected chi connectivity index (χ3v) is 6.54. The molecule has 1 saturated heterocycles. The summed E-state index contributed by atoms with van der Waals surface area (Å²) in [5.74, 6) is -0.174. The van der Waals surface area contributed by atoms with Crippen LogP contribution in [0.1, 0.15) is 39.9 Å². The third-order valence-electron chi connectivity index (χ3n) is 5.35. The van der Waals surface area contributed by atoms with Gasteiger partial charge in [-0.05, 0) is 67.7 Å². The lowest BCUT2D eigenvalue weighted by Crippen LogP contribution is -2.26. The molecular formula is C22H29N3O3S. The minimum Gasteiger partial charge on any atom is -0.348 e. The summed E-state index contributed by atoms with van der Waals surface area (Å²) in [6, 6.07) is 13.4. The minimum atomic E-state index is -3.34. The van der Waals surface area contributed by atoms with Gasteiger partial charge in [0.05, 0.1) is 11.9 Å².